The van der Waals surface area contributed by atoms with Crippen LogP contribution in [0.2, 0.25) is 0 Å². The molecule has 0 saturated carbocycles. The van der Waals surface area contributed by atoms with E-state index in [4.69, 9.17) is 15.2 Å². The molecule has 1 aliphatic heterocycles. The van der Waals surface area contributed by atoms with Crippen LogP contribution in [0.25, 0.3) is 0 Å². The number of rotatable bonds is 3. The summed E-state index contributed by atoms with van der Waals surface area (Å²) in [5.74, 6) is -0.151. The summed E-state index contributed by atoms with van der Waals surface area (Å²) < 4.78 is 11.5. The van der Waals surface area contributed by atoms with Crippen molar-refractivity contribution in [2.24, 2.45) is 11.7 Å². The SMILES string of the molecule is C[C@@H]1OC(=O)[C@@H](N)COC[C@H](Cc2ccccc2)[C@H]1c1ccccc1.Cl. The van der Waals surface area contributed by atoms with Crippen LogP contribution in [0.3, 0.4) is 0 Å². The van der Waals surface area contributed by atoms with E-state index in [-0.39, 0.29) is 37.0 Å². The maximum atomic E-state index is 12.1. The van der Waals surface area contributed by atoms with Crippen LogP contribution in [0, 0.1) is 5.92 Å². The molecule has 26 heavy (non-hydrogen) atoms. The van der Waals surface area contributed by atoms with Crippen LogP contribution in [0.4, 0.5) is 0 Å². The molecule has 5 heteroatoms. The molecule has 2 aromatic carbocycles. The second-order valence-corrected chi connectivity index (χ2v) is 6.67. The molecule has 2 N–H and O–H groups in total. The lowest BCUT2D eigenvalue weighted by molar-refractivity contribution is -0.151. The number of carbonyl (C=O) groups excluding carboxylic acids is 1. The number of halogens is 1. The molecule has 2 aromatic rings. The molecule has 0 radical (unpaired) electrons. The topological polar surface area (TPSA) is 61.5 Å². The Bertz CT molecular complexity index is 680. The zero-order valence-electron chi connectivity index (χ0n) is 14.9. The zero-order chi connectivity index (χ0) is 17.6. The fourth-order valence-electron chi connectivity index (χ4n) is 3.57. The van der Waals surface area contributed by atoms with E-state index in [1.54, 1.807) is 0 Å². The third-order valence-corrected chi connectivity index (χ3v) is 4.77. The predicted molar refractivity (Wildman–Crippen MR) is 104 cm³/mol. The van der Waals surface area contributed by atoms with Crippen molar-refractivity contribution in [1.82, 2.24) is 0 Å². The largest absolute Gasteiger partial charge is 0.461 e. The van der Waals surface area contributed by atoms with E-state index in [1.807, 2.05) is 43.3 Å². The van der Waals surface area contributed by atoms with E-state index >= 15 is 0 Å². The Balaban J connectivity index is 0.00000243. The van der Waals surface area contributed by atoms with Gasteiger partial charge in [-0.25, -0.2) is 0 Å². The Labute approximate surface area is 161 Å². The van der Waals surface area contributed by atoms with Gasteiger partial charge >= 0.3 is 5.97 Å². The molecule has 1 fully saturated rings. The molecule has 0 spiro atoms. The van der Waals surface area contributed by atoms with Crippen LogP contribution in [0.1, 0.15) is 24.0 Å². The quantitative estimate of drug-likeness (QED) is 0.836. The van der Waals surface area contributed by atoms with E-state index in [1.165, 1.54) is 5.56 Å². The Kier molecular flexibility index (Phi) is 7.64. The minimum Gasteiger partial charge on any atom is -0.461 e. The Morgan fingerprint density at radius 1 is 1.00 bits per heavy atom. The molecule has 1 aliphatic rings. The first-order chi connectivity index (χ1) is 12.1. The van der Waals surface area contributed by atoms with Gasteiger partial charge in [0.25, 0.3) is 0 Å². The van der Waals surface area contributed by atoms with Crippen LogP contribution < -0.4 is 5.73 Å². The minimum atomic E-state index is -0.727. The molecule has 0 unspecified atom stereocenters. The number of cyclic esters (lactones) is 1. The van der Waals surface area contributed by atoms with Gasteiger partial charge in [0.15, 0.2) is 0 Å². The first-order valence-corrected chi connectivity index (χ1v) is 8.78. The smallest absolute Gasteiger partial charge is 0.325 e. The van der Waals surface area contributed by atoms with Crippen molar-refractivity contribution >= 4 is 18.4 Å². The molecular formula is C21H26ClNO3. The van der Waals surface area contributed by atoms with Gasteiger partial charge in [0.1, 0.15) is 12.1 Å². The fourth-order valence-corrected chi connectivity index (χ4v) is 3.57. The maximum absolute atomic E-state index is 12.1. The van der Waals surface area contributed by atoms with Crippen LogP contribution in [0.15, 0.2) is 60.7 Å². The standard InChI is InChI=1S/C21H25NO3.ClH/c1-15-20(17-10-6-3-7-11-17)18(12-16-8-4-2-5-9-16)13-24-14-19(22)21(23)25-15;/h2-11,15,18-20H,12-14,22H2,1H3;1H/t15-,18-,19-,20+;/m0./s1. The van der Waals surface area contributed by atoms with Crippen molar-refractivity contribution in [3.05, 3.63) is 71.8 Å². The second-order valence-electron chi connectivity index (χ2n) is 6.67. The lowest BCUT2D eigenvalue weighted by Crippen LogP contribution is -2.38. The summed E-state index contributed by atoms with van der Waals surface area (Å²) in [6, 6.07) is 19.8. The molecule has 3 rings (SSSR count). The highest BCUT2D eigenvalue weighted by molar-refractivity contribution is 5.85. The molecule has 1 saturated heterocycles. The van der Waals surface area contributed by atoms with Crippen molar-refractivity contribution in [3.8, 4) is 0 Å². The monoisotopic (exact) mass is 375 g/mol. The average molecular weight is 376 g/mol. The molecule has 140 valence electrons. The second kappa shape index (κ2) is 9.72. The van der Waals surface area contributed by atoms with E-state index in [2.05, 4.69) is 24.3 Å². The van der Waals surface area contributed by atoms with Crippen molar-refractivity contribution in [1.29, 1.82) is 0 Å². The lowest BCUT2D eigenvalue weighted by atomic mass is 9.79. The first-order valence-electron chi connectivity index (χ1n) is 8.78. The Morgan fingerprint density at radius 3 is 2.27 bits per heavy atom. The Morgan fingerprint density at radius 2 is 1.62 bits per heavy atom. The molecule has 4 atom stereocenters. The third-order valence-electron chi connectivity index (χ3n) is 4.77. The molecule has 4 nitrogen and oxygen atoms in total. The molecule has 0 amide bonds. The van der Waals surface area contributed by atoms with Crippen molar-refractivity contribution in [2.45, 2.75) is 31.4 Å². The first kappa shape index (κ1) is 20.4. The summed E-state index contributed by atoms with van der Waals surface area (Å²) in [6.45, 7) is 2.69. The van der Waals surface area contributed by atoms with Gasteiger partial charge in [-0.15, -0.1) is 12.4 Å². The van der Waals surface area contributed by atoms with E-state index < -0.39 is 12.0 Å². The van der Waals surface area contributed by atoms with Gasteiger partial charge in [0, 0.05) is 5.92 Å². The van der Waals surface area contributed by atoms with Gasteiger partial charge in [0.2, 0.25) is 0 Å². The lowest BCUT2D eigenvalue weighted by Gasteiger charge is -2.31. The number of benzene rings is 2. The summed E-state index contributed by atoms with van der Waals surface area (Å²) in [5, 5.41) is 0. The number of esters is 1. The van der Waals surface area contributed by atoms with Crippen LogP contribution in [-0.2, 0) is 20.7 Å². The van der Waals surface area contributed by atoms with Gasteiger partial charge < -0.3 is 15.2 Å². The maximum Gasteiger partial charge on any atom is 0.325 e. The minimum absolute atomic E-state index is 0. The molecule has 0 aromatic heterocycles. The molecule has 1 heterocycles. The highest BCUT2D eigenvalue weighted by Crippen LogP contribution is 2.33. The van der Waals surface area contributed by atoms with Gasteiger partial charge in [-0.1, -0.05) is 60.7 Å². The van der Waals surface area contributed by atoms with Gasteiger partial charge in [-0.3, -0.25) is 4.79 Å². The Hall–Kier alpha value is -1.88. The number of hydrogen-bond acceptors (Lipinski definition) is 4. The predicted octanol–water partition coefficient (Wildman–Crippen LogP) is 3.34. The summed E-state index contributed by atoms with van der Waals surface area (Å²) in [6.07, 6.45) is 0.591. The highest BCUT2D eigenvalue weighted by Gasteiger charge is 2.34. The van der Waals surface area contributed by atoms with Gasteiger partial charge in [-0.2, -0.15) is 0 Å². The van der Waals surface area contributed by atoms with Gasteiger partial charge in [0.05, 0.1) is 13.2 Å². The van der Waals surface area contributed by atoms with E-state index in [9.17, 15) is 4.79 Å². The number of hydrogen-bond donors (Lipinski definition) is 1. The van der Waals surface area contributed by atoms with Crippen LogP contribution in [-0.4, -0.2) is 31.3 Å². The van der Waals surface area contributed by atoms with Gasteiger partial charge in [-0.05, 0) is 30.4 Å². The van der Waals surface area contributed by atoms with Crippen molar-refractivity contribution in [2.75, 3.05) is 13.2 Å². The number of nitrogens with two attached hydrogens (primary N) is 1. The molecule has 0 bridgehead atoms. The normalized spacial score (nSPS) is 26.6. The molecule has 0 aliphatic carbocycles. The fraction of sp³-hybridized carbons (Fsp3) is 0.381. The van der Waals surface area contributed by atoms with E-state index in [0.29, 0.717) is 6.61 Å². The average Bonchev–Trinajstić information content (AvgIpc) is 2.67. The van der Waals surface area contributed by atoms with Crippen LogP contribution in [0.5, 0.6) is 0 Å². The number of carbonyl (C=O) groups is 1. The zero-order valence-corrected chi connectivity index (χ0v) is 15.7. The summed E-state index contributed by atoms with van der Waals surface area (Å²) in [7, 11) is 0. The number of ether oxygens (including phenoxy) is 2. The summed E-state index contributed by atoms with van der Waals surface area (Å²) >= 11 is 0. The van der Waals surface area contributed by atoms with E-state index in [0.717, 1.165) is 12.0 Å². The van der Waals surface area contributed by atoms with Crippen molar-refractivity contribution in [3.63, 3.8) is 0 Å². The van der Waals surface area contributed by atoms with Crippen molar-refractivity contribution < 1.29 is 14.3 Å². The summed E-state index contributed by atoms with van der Waals surface area (Å²) in [4.78, 5) is 12.1. The van der Waals surface area contributed by atoms with Crippen LogP contribution >= 0.6 is 12.4 Å². The molecular weight excluding hydrogens is 350 g/mol. The third kappa shape index (κ3) is 5.07. The highest BCUT2D eigenvalue weighted by atomic mass is 35.5. The summed E-state index contributed by atoms with van der Waals surface area (Å²) in [5.41, 5.74) is 8.27.